The van der Waals surface area contributed by atoms with Crippen LogP contribution in [0, 0.1) is 31.1 Å². The van der Waals surface area contributed by atoms with Gasteiger partial charge in [0.1, 0.15) is 17.5 Å². The molecule has 1 aliphatic carbocycles. The zero-order valence-corrected chi connectivity index (χ0v) is 16.7. The Morgan fingerprint density at radius 2 is 1.63 bits per heavy atom. The minimum Gasteiger partial charge on any atom is -0.331 e. The summed E-state index contributed by atoms with van der Waals surface area (Å²) in [5.41, 5.74) is 3.25. The van der Waals surface area contributed by atoms with Crippen LogP contribution in [-0.4, -0.2) is 54.6 Å². The second-order valence-corrected chi connectivity index (χ2v) is 8.15. The number of hydrogen-bond acceptors (Lipinski definition) is 3. The standard InChI is InChI=1S/C22H26N2O3/c1-6-7-16-8-14(2)19(15(3)9-16)20-17(25)10-22(11-18(20)26)12-24(13-22)21(27)23(4)5/h8-9,20H,10-13H2,1-5H3. The van der Waals surface area contributed by atoms with E-state index in [4.69, 9.17) is 0 Å². The molecule has 5 nitrogen and oxygen atoms in total. The maximum atomic E-state index is 13.0. The Bertz CT molecular complexity index is 840. The second kappa shape index (κ2) is 6.84. The van der Waals surface area contributed by atoms with Crippen LogP contribution in [0.3, 0.4) is 0 Å². The zero-order chi connectivity index (χ0) is 19.9. The molecule has 27 heavy (non-hydrogen) atoms. The molecule has 0 N–H and O–H groups in total. The molecule has 5 heteroatoms. The lowest BCUT2D eigenvalue weighted by Crippen LogP contribution is -2.63. The number of ketones is 2. The van der Waals surface area contributed by atoms with Crippen LogP contribution in [0.1, 0.15) is 47.9 Å². The van der Waals surface area contributed by atoms with Gasteiger partial charge in [-0.25, -0.2) is 4.79 Å². The molecule has 1 aromatic carbocycles. The van der Waals surface area contributed by atoms with E-state index in [9.17, 15) is 14.4 Å². The van der Waals surface area contributed by atoms with Crippen molar-refractivity contribution < 1.29 is 14.4 Å². The molecule has 1 heterocycles. The van der Waals surface area contributed by atoms with Gasteiger partial charge in [0, 0.05) is 51.0 Å². The molecule has 0 radical (unpaired) electrons. The first kappa shape index (κ1) is 19.2. The first-order valence-electron chi connectivity index (χ1n) is 9.23. The van der Waals surface area contributed by atoms with Crippen molar-refractivity contribution in [1.29, 1.82) is 0 Å². The molecule has 1 saturated carbocycles. The van der Waals surface area contributed by atoms with Gasteiger partial charge < -0.3 is 9.80 Å². The lowest BCUT2D eigenvalue weighted by molar-refractivity contribution is -0.141. The molecule has 3 rings (SSSR count). The number of benzene rings is 1. The second-order valence-electron chi connectivity index (χ2n) is 8.15. The highest BCUT2D eigenvalue weighted by molar-refractivity contribution is 6.11. The number of hydrogen-bond donors (Lipinski definition) is 0. The lowest BCUT2D eigenvalue weighted by Gasteiger charge is -2.52. The number of likely N-dealkylation sites (tertiary alicyclic amines) is 1. The van der Waals surface area contributed by atoms with E-state index in [2.05, 4.69) is 11.8 Å². The number of Topliss-reactive ketones (excluding diaryl/α,β-unsaturated/α-hetero) is 2. The van der Waals surface area contributed by atoms with Crippen molar-refractivity contribution >= 4 is 17.6 Å². The van der Waals surface area contributed by atoms with Gasteiger partial charge in [0.2, 0.25) is 0 Å². The van der Waals surface area contributed by atoms with Gasteiger partial charge in [0.15, 0.2) is 0 Å². The molecule has 0 aromatic heterocycles. The lowest BCUT2D eigenvalue weighted by atomic mass is 9.63. The summed E-state index contributed by atoms with van der Waals surface area (Å²) in [5, 5.41) is 0. The largest absolute Gasteiger partial charge is 0.331 e. The predicted octanol–water partition coefficient (Wildman–Crippen LogP) is 2.67. The molecule has 142 valence electrons. The van der Waals surface area contributed by atoms with E-state index in [0.717, 1.165) is 22.3 Å². The summed E-state index contributed by atoms with van der Waals surface area (Å²) in [4.78, 5) is 41.2. The number of carbonyl (C=O) groups is 3. The molecule has 0 atom stereocenters. The molecule has 2 amide bonds. The van der Waals surface area contributed by atoms with Crippen LogP contribution in [0.2, 0.25) is 0 Å². The number of urea groups is 1. The molecular formula is C22H26N2O3. The highest BCUT2D eigenvalue weighted by Gasteiger charge is 2.53. The first-order chi connectivity index (χ1) is 12.7. The van der Waals surface area contributed by atoms with E-state index >= 15 is 0 Å². The third-order valence-electron chi connectivity index (χ3n) is 5.60. The quantitative estimate of drug-likeness (QED) is 0.567. The summed E-state index contributed by atoms with van der Waals surface area (Å²) >= 11 is 0. The van der Waals surface area contributed by atoms with E-state index < -0.39 is 5.92 Å². The molecule has 0 bridgehead atoms. The van der Waals surface area contributed by atoms with E-state index in [1.807, 2.05) is 26.0 Å². The van der Waals surface area contributed by atoms with Crippen LogP contribution in [0.5, 0.6) is 0 Å². The minimum absolute atomic E-state index is 0.0243. The van der Waals surface area contributed by atoms with Crippen LogP contribution in [0.4, 0.5) is 4.79 Å². The normalized spacial score (nSPS) is 18.8. The van der Waals surface area contributed by atoms with Crippen molar-refractivity contribution in [2.24, 2.45) is 5.41 Å². The fraction of sp³-hybridized carbons (Fsp3) is 0.500. The molecule has 2 aliphatic rings. The summed E-state index contributed by atoms with van der Waals surface area (Å²) < 4.78 is 0. The molecule has 1 aliphatic heterocycles. The predicted molar refractivity (Wildman–Crippen MR) is 104 cm³/mol. The molecule has 2 fully saturated rings. The minimum atomic E-state index is -0.683. The summed E-state index contributed by atoms with van der Waals surface area (Å²) in [6.45, 7) is 6.63. The van der Waals surface area contributed by atoms with Gasteiger partial charge in [0.25, 0.3) is 0 Å². The Labute approximate surface area is 160 Å². The monoisotopic (exact) mass is 366 g/mol. The van der Waals surface area contributed by atoms with Crippen molar-refractivity contribution in [2.75, 3.05) is 27.2 Å². The summed E-state index contributed by atoms with van der Waals surface area (Å²) in [6.07, 6.45) is 0.714. The summed E-state index contributed by atoms with van der Waals surface area (Å²) in [6, 6.07) is 3.83. The molecule has 1 aromatic rings. The van der Waals surface area contributed by atoms with Crippen molar-refractivity contribution in [3.63, 3.8) is 0 Å². The summed E-state index contributed by atoms with van der Waals surface area (Å²) in [5.74, 6) is 5.19. The van der Waals surface area contributed by atoms with Crippen LogP contribution >= 0.6 is 0 Å². The van der Waals surface area contributed by atoms with Gasteiger partial charge in [-0.3, -0.25) is 9.59 Å². The molecular weight excluding hydrogens is 340 g/mol. The van der Waals surface area contributed by atoms with Crippen molar-refractivity contribution in [3.8, 4) is 11.8 Å². The molecule has 0 unspecified atom stereocenters. The Morgan fingerprint density at radius 1 is 1.11 bits per heavy atom. The van der Waals surface area contributed by atoms with Gasteiger partial charge in [-0.05, 0) is 49.6 Å². The number of aryl methyl sites for hydroxylation is 2. The van der Waals surface area contributed by atoms with Gasteiger partial charge in [-0.2, -0.15) is 0 Å². The van der Waals surface area contributed by atoms with E-state index in [1.165, 1.54) is 4.90 Å². The number of carbonyl (C=O) groups excluding carboxylic acids is 3. The fourth-order valence-electron chi connectivity index (χ4n) is 4.56. The van der Waals surface area contributed by atoms with Gasteiger partial charge in [-0.1, -0.05) is 5.92 Å². The van der Waals surface area contributed by atoms with Crippen LogP contribution in [0.25, 0.3) is 0 Å². The average Bonchev–Trinajstić information content (AvgIpc) is 2.53. The van der Waals surface area contributed by atoms with E-state index in [0.29, 0.717) is 25.9 Å². The third-order valence-corrected chi connectivity index (χ3v) is 5.60. The zero-order valence-electron chi connectivity index (χ0n) is 16.7. The van der Waals surface area contributed by atoms with Gasteiger partial charge in [0.05, 0.1) is 0 Å². The smallest absolute Gasteiger partial charge is 0.319 e. The van der Waals surface area contributed by atoms with Crippen LogP contribution < -0.4 is 0 Å². The van der Waals surface area contributed by atoms with E-state index in [1.54, 1.807) is 25.9 Å². The van der Waals surface area contributed by atoms with Gasteiger partial charge in [-0.15, -0.1) is 5.92 Å². The third kappa shape index (κ3) is 3.37. The van der Waals surface area contributed by atoms with Gasteiger partial charge >= 0.3 is 6.03 Å². The van der Waals surface area contributed by atoms with Crippen LogP contribution in [0.15, 0.2) is 12.1 Å². The highest BCUT2D eigenvalue weighted by atomic mass is 16.2. The maximum Gasteiger partial charge on any atom is 0.319 e. The Morgan fingerprint density at radius 3 is 2.07 bits per heavy atom. The Hall–Kier alpha value is -2.61. The summed E-state index contributed by atoms with van der Waals surface area (Å²) in [7, 11) is 3.41. The maximum absolute atomic E-state index is 13.0. The SMILES string of the molecule is CC#Cc1cc(C)c(C2C(=O)CC3(CC2=O)CN(C(=O)N(C)C)C3)c(C)c1. The topological polar surface area (TPSA) is 57.7 Å². The average molecular weight is 366 g/mol. The van der Waals surface area contributed by atoms with Crippen molar-refractivity contribution in [2.45, 2.75) is 39.5 Å². The van der Waals surface area contributed by atoms with Crippen molar-refractivity contribution in [1.82, 2.24) is 9.80 Å². The fourth-order valence-corrected chi connectivity index (χ4v) is 4.56. The van der Waals surface area contributed by atoms with Crippen molar-refractivity contribution in [3.05, 3.63) is 34.4 Å². The van der Waals surface area contributed by atoms with E-state index in [-0.39, 0.29) is 23.0 Å². The number of amides is 2. The molecule has 1 saturated heterocycles. The number of rotatable bonds is 1. The first-order valence-corrected chi connectivity index (χ1v) is 9.23. The Balaban J connectivity index is 1.82. The number of nitrogens with zero attached hydrogens (tertiary/aromatic N) is 2. The van der Waals surface area contributed by atoms with Crippen LogP contribution in [-0.2, 0) is 9.59 Å². The molecule has 1 spiro atoms. The Kier molecular flexibility index (Phi) is 4.86. The highest BCUT2D eigenvalue weighted by Crippen LogP contribution is 2.46.